The number of hydrogen-bond acceptors (Lipinski definition) is 5. The van der Waals surface area contributed by atoms with Crippen molar-refractivity contribution in [1.82, 2.24) is 15.3 Å². The SMILES string of the molecule is Cc1cc2c(NCCC(=O)NCCC(C)C)ncnc2s1. The fraction of sp³-hybridized carbons (Fsp3) is 0.533. The molecule has 5 nitrogen and oxygen atoms in total. The standard InChI is InChI=1S/C15H22N4OS/c1-10(2)4-6-16-13(20)5-7-17-14-12-8-11(3)21-15(12)19-9-18-14/h8-10H,4-7H2,1-3H3,(H,16,20)(H,17,18,19). The van der Waals surface area contributed by atoms with Gasteiger partial charge < -0.3 is 10.6 Å². The Hall–Kier alpha value is -1.69. The lowest BCUT2D eigenvalue weighted by molar-refractivity contribution is -0.120. The first-order valence-electron chi connectivity index (χ1n) is 7.28. The van der Waals surface area contributed by atoms with Gasteiger partial charge in [0.1, 0.15) is 17.0 Å². The number of nitrogens with one attached hydrogen (secondary N) is 2. The van der Waals surface area contributed by atoms with Gasteiger partial charge >= 0.3 is 0 Å². The maximum atomic E-state index is 11.7. The molecule has 0 saturated carbocycles. The summed E-state index contributed by atoms with van der Waals surface area (Å²) in [6.07, 6.45) is 3.02. The molecule has 0 bridgehead atoms. The zero-order valence-corrected chi connectivity index (χ0v) is 13.6. The predicted molar refractivity (Wildman–Crippen MR) is 87.7 cm³/mol. The molecular formula is C15H22N4OS. The van der Waals surface area contributed by atoms with Crippen molar-refractivity contribution in [3.05, 3.63) is 17.3 Å². The smallest absolute Gasteiger partial charge is 0.221 e. The Morgan fingerprint density at radius 1 is 1.33 bits per heavy atom. The largest absolute Gasteiger partial charge is 0.369 e. The zero-order chi connectivity index (χ0) is 15.2. The third-order valence-corrected chi connectivity index (χ3v) is 4.10. The maximum absolute atomic E-state index is 11.7. The zero-order valence-electron chi connectivity index (χ0n) is 12.8. The molecule has 0 atom stereocenters. The molecule has 2 heterocycles. The van der Waals surface area contributed by atoms with E-state index in [0.717, 1.165) is 29.0 Å². The molecule has 0 aliphatic rings. The van der Waals surface area contributed by atoms with Gasteiger partial charge in [0.05, 0.1) is 5.39 Å². The molecule has 0 aliphatic heterocycles. The van der Waals surface area contributed by atoms with Gasteiger partial charge in [-0.25, -0.2) is 9.97 Å². The third kappa shape index (κ3) is 4.67. The van der Waals surface area contributed by atoms with Crippen LogP contribution in [0, 0.1) is 12.8 Å². The first-order chi connectivity index (χ1) is 10.1. The molecule has 114 valence electrons. The van der Waals surface area contributed by atoms with Crippen molar-refractivity contribution in [3.63, 3.8) is 0 Å². The first kappa shape index (κ1) is 15.7. The summed E-state index contributed by atoms with van der Waals surface area (Å²) in [5, 5.41) is 7.19. The van der Waals surface area contributed by atoms with E-state index in [4.69, 9.17) is 0 Å². The van der Waals surface area contributed by atoms with Crippen LogP contribution in [0.15, 0.2) is 12.4 Å². The van der Waals surface area contributed by atoms with Gasteiger partial charge in [0.2, 0.25) is 5.91 Å². The van der Waals surface area contributed by atoms with Crippen molar-refractivity contribution in [2.75, 3.05) is 18.4 Å². The van der Waals surface area contributed by atoms with E-state index in [1.807, 2.05) is 0 Å². The fourth-order valence-corrected chi connectivity index (χ4v) is 2.85. The minimum absolute atomic E-state index is 0.0787. The summed E-state index contributed by atoms with van der Waals surface area (Å²) in [6.45, 7) is 7.68. The number of amides is 1. The van der Waals surface area contributed by atoms with Crippen LogP contribution < -0.4 is 10.6 Å². The summed E-state index contributed by atoms with van der Waals surface area (Å²) in [7, 11) is 0. The van der Waals surface area contributed by atoms with Crippen LogP contribution in [-0.4, -0.2) is 29.0 Å². The molecule has 6 heteroatoms. The van der Waals surface area contributed by atoms with E-state index < -0.39 is 0 Å². The number of thiophene rings is 1. The Labute approximate surface area is 129 Å². The van der Waals surface area contributed by atoms with Crippen LogP contribution in [0.5, 0.6) is 0 Å². The van der Waals surface area contributed by atoms with Gasteiger partial charge in [-0.2, -0.15) is 0 Å². The van der Waals surface area contributed by atoms with Gasteiger partial charge in [-0.15, -0.1) is 11.3 Å². The second-order valence-electron chi connectivity index (χ2n) is 5.51. The van der Waals surface area contributed by atoms with E-state index in [1.165, 1.54) is 4.88 Å². The molecule has 2 aromatic heterocycles. The molecule has 0 aliphatic carbocycles. The lowest BCUT2D eigenvalue weighted by Gasteiger charge is -2.08. The second-order valence-corrected chi connectivity index (χ2v) is 6.74. The Balaban J connectivity index is 1.81. The quantitative estimate of drug-likeness (QED) is 0.825. The molecule has 2 N–H and O–H groups in total. The van der Waals surface area contributed by atoms with Crippen molar-refractivity contribution in [1.29, 1.82) is 0 Å². The Morgan fingerprint density at radius 3 is 2.90 bits per heavy atom. The van der Waals surface area contributed by atoms with Gasteiger partial charge in [-0.05, 0) is 25.3 Å². The summed E-state index contributed by atoms with van der Waals surface area (Å²) in [6, 6.07) is 2.07. The number of nitrogens with zero attached hydrogens (tertiary/aromatic N) is 2. The Kier molecular flexibility index (Phi) is 5.50. The molecule has 0 radical (unpaired) electrons. The molecule has 0 saturated heterocycles. The second kappa shape index (κ2) is 7.36. The highest BCUT2D eigenvalue weighted by Crippen LogP contribution is 2.27. The molecule has 21 heavy (non-hydrogen) atoms. The van der Waals surface area contributed by atoms with Crippen LogP contribution in [0.3, 0.4) is 0 Å². The monoisotopic (exact) mass is 306 g/mol. The average molecular weight is 306 g/mol. The van der Waals surface area contributed by atoms with Gasteiger partial charge in [0.25, 0.3) is 0 Å². The normalized spacial score (nSPS) is 11.0. The van der Waals surface area contributed by atoms with E-state index in [-0.39, 0.29) is 5.91 Å². The Bertz CT molecular complexity index is 609. The molecule has 2 rings (SSSR count). The van der Waals surface area contributed by atoms with Gasteiger partial charge in [-0.3, -0.25) is 4.79 Å². The lowest BCUT2D eigenvalue weighted by atomic mass is 10.1. The topological polar surface area (TPSA) is 66.9 Å². The van der Waals surface area contributed by atoms with E-state index in [1.54, 1.807) is 17.7 Å². The van der Waals surface area contributed by atoms with Crippen LogP contribution in [0.4, 0.5) is 5.82 Å². The number of aryl methyl sites for hydroxylation is 1. The van der Waals surface area contributed by atoms with Crippen molar-refractivity contribution in [3.8, 4) is 0 Å². The van der Waals surface area contributed by atoms with Gasteiger partial charge in [-0.1, -0.05) is 13.8 Å². The summed E-state index contributed by atoms with van der Waals surface area (Å²) in [4.78, 5) is 22.4. The number of anilines is 1. The highest BCUT2D eigenvalue weighted by atomic mass is 32.1. The third-order valence-electron chi connectivity index (χ3n) is 3.14. The fourth-order valence-electron chi connectivity index (χ4n) is 2.00. The summed E-state index contributed by atoms with van der Waals surface area (Å²) in [5.41, 5.74) is 0. The molecule has 2 aromatic rings. The molecule has 1 amide bonds. The van der Waals surface area contributed by atoms with Crippen LogP contribution in [-0.2, 0) is 4.79 Å². The number of rotatable bonds is 7. The molecule has 0 unspecified atom stereocenters. The van der Waals surface area contributed by atoms with Crippen molar-refractivity contribution < 1.29 is 4.79 Å². The number of carbonyl (C=O) groups is 1. The average Bonchev–Trinajstić information content (AvgIpc) is 2.79. The van der Waals surface area contributed by atoms with Crippen LogP contribution in [0.1, 0.15) is 31.6 Å². The highest BCUT2D eigenvalue weighted by Gasteiger charge is 2.07. The van der Waals surface area contributed by atoms with E-state index in [0.29, 0.717) is 18.9 Å². The maximum Gasteiger partial charge on any atom is 0.221 e. The summed E-state index contributed by atoms with van der Waals surface area (Å²) in [5.74, 6) is 1.49. The molecule has 0 fully saturated rings. The Morgan fingerprint density at radius 2 is 2.14 bits per heavy atom. The minimum atomic E-state index is 0.0787. The number of aromatic nitrogens is 2. The van der Waals surface area contributed by atoms with Gasteiger partial charge in [0.15, 0.2) is 0 Å². The van der Waals surface area contributed by atoms with E-state index in [9.17, 15) is 4.79 Å². The van der Waals surface area contributed by atoms with Crippen LogP contribution in [0.2, 0.25) is 0 Å². The number of carbonyl (C=O) groups excluding carboxylic acids is 1. The predicted octanol–water partition coefficient (Wildman–Crippen LogP) is 2.96. The van der Waals surface area contributed by atoms with Crippen molar-refractivity contribution in [2.45, 2.75) is 33.6 Å². The summed E-state index contributed by atoms with van der Waals surface area (Å²) < 4.78 is 0. The van der Waals surface area contributed by atoms with Crippen molar-refractivity contribution >= 4 is 33.3 Å². The molecular weight excluding hydrogens is 284 g/mol. The van der Waals surface area contributed by atoms with Gasteiger partial charge in [0, 0.05) is 24.4 Å². The van der Waals surface area contributed by atoms with E-state index in [2.05, 4.69) is 47.4 Å². The van der Waals surface area contributed by atoms with Crippen LogP contribution >= 0.6 is 11.3 Å². The molecule has 0 spiro atoms. The number of hydrogen-bond donors (Lipinski definition) is 2. The minimum Gasteiger partial charge on any atom is -0.369 e. The van der Waals surface area contributed by atoms with Crippen molar-refractivity contribution in [2.24, 2.45) is 5.92 Å². The lowest BCUT2D eigenvalue weighted by Crippen LogP contribution is -2.27. The molecule has 0 aromatic carbocycles. The number of fused-ring (bicyclic) bond motifs is 1. The summed E-state index contributed by atoms with van der Waals surface area (Å²) >= 11 is 1.65. The van der Waals surface area contributed by atoms with E-state index >= 15 is 0 Å². The first-order valence-corrected chi connectivity index (χ1v) is 8.09. The highest BCUT2D eigenvalue weighted by molar-refractivity contribution is 7.18. The van der Waals surface area contributed by atoms with Crippen LogP contribution in [0.25, 0.3) is 10.2 Å².